The van der Waals surface area contributed by atoms with Crippen LogP contribution in [0.2, 0.25) is 0 Å². The third-order valence-corrected chi connectivity index (χ3v) is 4.24. The third-order valence-electron chi connectivity index (χ3n) is 4.24. The molecule has 2 N–H and O–H groups in total. The number of hydrogen-bond acceptors (Lipinski definition) is 3. The number of fused-ring (bicyclic) bond motifs is 1. The first-order valence-electron chi connectivity index (χ1n) is 7.64. The zero-order valence-electron chi connectivity index (χ0n) is 12.4. The number of hydrogen-bond donors (Lipinski definition) is 2. The predicted molar refractivity (Wildman–Crippen MR) is 82.9 cm³/mol. The molecule has 3 rings (SSSR count). The van der Waals surface area contributed by atoms with Crippen LogP contribution in [-0.4, -0.2) is 34.6 Å². The molecule has 1 aromatic heterocycles. The Kier molecular flexibility index (Phi) is 4.20. The minimum atomic E-state index is 0.131. The van der Waals surface area contributed by atoms with E-state index in [0.29, 0.717) is 24.9 Å². The summed E-state index contributed by atoms with van der Waals surface area (Å²) in [6.45, 7) is 4.82. The first-order valence-corrected chi connectivity index (χ1v) is 7.64. The molecule has 2 heterocycles. The molecule has 0 radical (unpaired) electrons. The van der Waals surface area contributed by atoms with Crippen molar-refractivity contribution in [1.82, 2.24) is 20.2 Å². The van der Waals surface area contributed by atoms with Gasteiger partial charge in [-0.2, -0.15) is 0 Å². The Hall–Kier alpha value is -1.88. The Bertz CT molecular complexity index is 622. The van der Waals surface area contributed by atoms with Crippen molar-refractivity contribution in [3.8, 4) is 0 Å². The molecule has 5 nitrogen and oxygen atoms in total. The van der Waals surface area contributed by atoms with E-state index in [-0.39, 0.29) is 5.91 Å². The summed E-state index contributed by atoms with van der Waals surface area (Å²) in [4.78, 5) is 16.5. The van der Waals surface area contributed by atoms with Crippen molar-refractivity contribution in [2.24, 2.45) is 5.92 Å². The van der Waals surface area contributed by atoms with Crippen LogP contribution in [0.3, 0.4) is 0 Å². The van der Waals surface area contributed by atoms with Crippen molar-refractivity contribution in [1.29, 1.82) is 0 Å². The maximum atomic E-state index is 12.1. The van der Waals surface area contributed by atoms with E-state index >= 15 is 0 Å². The Labute approximate surface area is 124 Å². The zero-order valence-corrected chi connectivity index (χ0v) is 12.4. The molecule has 1 aromatic carbocycles. The number of aromatic nitrogens is 2. The van der Waals surface area contributed by atoms with Crippen LogP contribution in [0, 0.1) is 5.92 Å². The second-order valence-corrected chi connectivity index (χ2v) is 5.82. The van der Waals surface area contributed by atoms with Crippen molar-refractivity contribution < 1.29 is 4.79 Å². The molecule has 1 aliphatic rings. The molecule has 0 aliphatic carbocycles. The third kappa shape index (κ3) is 3.24. The van der Waals surface area contributed by atoms with Gasteiger partial charge in [0.15, 0.2) is 0 Å². The lowest BCUT2D eigenvalue weighted by atomic mass is 9.95. The lowest BCUT2D eigenvalue weighted by molar-refractivity contribution is -0.122. The fourth-order valence-electron chi connectivity index (χ4n) is 2.92. The van der Waals surface area contributed by atoms with Crippen LogP contribution < -0.4 is 10.6 Å². The number of carbonyl (C=O) groups is 1. The van der Waals surface area contributed by atoms with Crippen molar-refractivity contribution in [2.75, 3.05) is 13.1 Å². The largest absolute Gasteiger partial charge is 0.353 e. The number of rotatable bonds is 4. The van der Waals surface area contributed by atoms with Crippen molar-refractivity contribution in [3.05, 3.63) is 30.6 Å². The molecule has 0 saturated carbocycles. The van der Waals surface area contributed by atoms with E-state index in [1.54, 1.807) is 0 Å². The molecule has 5 heteroatoms. The van der Waals surface area contributed by atoms with E-state index in [9.17, 15) is 4.79 Å². The lowest BCUT2D eigenvalue weighted by Crippen LogP contribution is -2.48. The lowest BCUT2D eigenvalue weighted by Gasteiger charge is -2.30. The quantitative estimate of drug-likeness (QED) is 0.896. The smallest absolute Gasteiger partial charge is 0.222 e. The number of amides is 1. The van der Waals surface area contributed by atoms with Crippen LogP contribution in [0.5, 0.6) is 0 Å². The topological polar surface area (TPSA) is 58.9 Å². The average Bonchev–Trinajstić information content (AvgIpc) is 2.91. The standard InChI is InChI=1S/C16H22N4O/c1-12-10-17-8-6-13(12)19-16(21)7-9-20-11-18-14-4-2-3-5-15(14)20/h2-5,11-13,17H,6-10H2,1H3,(H,19,21). The molecule has 0 bridgehead atoms. The number of aryl methyl sites for hydroxylation is 1. The van der Waals surface area contributed by atoms with Gasteiger partial charge in [0, 0.05) is 19.0 Å². The molecule has 0 spiro atoms. The van der Waals surface area contributed by atoms with E-state index in [2.05, 4.69) is 22.5 Å². The molecule has 1 amide bonds. The highest BCUT2D eigenvalue weighted by atomic mass is 16.1. The van der Waals surface area contributed by atoms with Gasteiger partial charge in [0.2, 0.25) is 5.91 Å². The number of nitrogens with zero attached hydrogens (tertiary/aromatic N) is 2. The summed E-state index contributed by atoms with van der Waals surface area (Å²) >= 11 is 0. The van der Waals surface area contributed by atoms with Crippen LogP contribution in [-0.2, 0) is 11.3 Å². The Morgan fingerprint density at radius 2 is 2.33 bits per heavy atom. The van der Waals surface area contributed by atoms with E-state index in [1.165, 1.54) is 0 Å². The summed E-state index contributed by atoms with van der Waals surface area (Å²) in [7, 11) is 0. The molecule has 2 unspecified atom stereocenters. The minimum absolute atomic E-state index is 0.131. The van der Waals surface area contributed by atoms with E-state index < -0.39 is 0 Å². The van der Waals surface area contributed by atoms with Crippen LogP contribution in [0.15, 0.2) is 30.6 Å². The zero-order chi connectivity index (χ0) is 14.7. The monoisotopic (exact) mass is 286 g/mol. The van der Waals surface area contributed by atoms with Gasteiger partial charge in [-0.3, -0.25) is 4.79 Å². The molecule has 2 aromatic rings. The van der Waals surface area contributed by atoms with Gasteiger partial charge in [0.1, 0.15) is 0 Å². The van der Waals surface area contributed by atoms with Crippen LogP contribution >= 0.6 is 0 Å². The Morgan fingerprint density at radius 3 is 3.19 bits per heavy atom. The molecular weight excluding hydrogens is 264 g/mol. The minimum Gasteiger partial charge on any atom is -0.353 e. The number of benzene rings is 1. The number of piperidine rings is 1. The highest BCUT2D eigenvalue weighted by Crippen LogP contribution is 2.13. The van der Waals surface area contributed by atoms with Gasteiger partial charge in [-0.05, 0) is 37.6 Å². The molecule has 1 saturated heterocycles. The van der Waals surface area contributed by atoms with Gasteiger partial charge < -0.3 is 15.2 Å². The molecule has 112 valence electrons. The second-order valence-electron chi connectivity index (χ2n) is 5.82. The van der Waals surface area contributed by atoms with Gasteiger partial charge >= 0.3 is 0 Å². The fourth-order valence-corrected chi connectivity index (χ4v) is 2.92. The number of carbonyl (C=O) groups excluding carboxylic acids is 1. The highest BCUT2D eigenvalue weighted by Gasteiger charge is 2.22. The van der Waals surface area contributed by atoms with Gasteiger partial charge in [-0.25, -0.2) is 4.98 Å². The summed E-state index contributed by atoms with van der Waals surface area (Å²) in [5, 5.41) is 6.51. The fraction of sp³-hybridized carbons (Fsp3) is 0.500. The van der Waals surface area contributed by atoms with Crippen LogP contribution in [0.1, 0.15) is 19.8 Å². The maximum absolute atomic E-state index is 12.1. The van der Waals surface area contributed by atoms with Gasteiger partial charge in [0.05, 0.1) is 17.4 Å². The summed E-state index contributed by atoms with van der Waals surface area (Å²) in [6.07, 6.45) is 3.32. The molecule has 2 atom stereocenters. The molecule has 21 heavy (non-hydrogen) atoms. The van der Waals surface area contributed by atoms with Gasteiger partial charge in [-0.15, -0.1) is 0 Å². The SMILES string of the molecule is CC1CNCCC1NC(=O)CCn1cnc2ccccc21. The summed E-state index contributed by atoms with van der Waals surface area (Å²) in [5.74, 6) is 0.628. The van der Waals surface area contributed by atoms with E-state index in [1.807, 2.05) is 35.2 Å². The normalized spacial score (nSPS) is 22.3. The van der Waals surface area contributed by atoms with E-state index in [4.69, 9.17) is 0 Å². The van der Waals surface area contributed by atoms with Crippen LogP contribution in [0.25, 0.3) is 11.0 Å². The first kappa shape index (κ1) is 14.1. The summed E-state index contributed by atoms with van der Waals surface area (Å²) in [6, 6.07) is 8.30. The molecular formula is C16H22N4O. The number of nitrogens with one attached hydrogen (secondary N) is 2. The predicted octanol–water partition coefficient (Wildman–Crippen LogP) is 1.54. The molecule has 1 fully saturated rings. The van der Waals surface area contributed by atoms with Gasteiger partial charge in [0.25, 0.3) is 0 Å². The van der Waals surface area contributed by atoms with Crippen molar-refractivity contribution in [3.63, 3.8) is 0 Å². The summed E-state index contributed by atoms with van der Waals surface area (Å²) < 4.78 is 2.04. The Morgan fingerprint density at radius 1 is 1.48 bits per heavy atom. The summed E-state index contributed by atoms with van der Waals surface area (Å²) in [5.41, 5.74) is 2.06. The number of imidazole rings is 1. The molecule has 1 aliphatic heterocycles. The Balaban J connectivity index is 1.56. The van der Waals surface area contributed by atoms with Crippen LogP contribution in [0.4, 0.5) is 0 Å². The van der Waals surface area contributed by atoms with Crippen molar-refractivity contribution in [2.45, 2.75) is 32.4 Å². The highest BCUT2D eigenvalue weighted by molar-refractivity contribution is 5.77. The second kappa shape index (κ2) is 6.26. The van der Waals surface area contributed by atoms with E-state index in [0.717, 1.165) is 30.5 Å². The maximum Gasteiger partial charge on any atom is 0.222 e. The first-order chi connectivity index (χ1) is 10.2. The number of para-hydroxylation sites is 2. The van der Waals surface area contributed by atoms with Gasteiger partial charge in [-0.1, -0.05) is 19.1 Å². The average molecular weight is 286 g/mol. The van der Waals surface area contributed by atoms with Crippen molar-refractivity contribution >= 4 is 16.9 Å².